The SMILES string of the molecule is C[C@H](Cc1cn(C2CCCCO2)cn1)NC(=O)OC(C)(C)C. The molecule has 0 aliphatic carbocycles. The molecule has 1 amide bonds. The summed E-state index contributed by atoms with van der Waals surface area (Å²) in [7, 11) is 0. The fourth-order valence-corrected chi connectivity index (χ4v) is 2.47. The number of carbonyl (C=O) groups is 1. The quantitative estimate of drug-likeness (QED) is 0.928. The number of imidazole rings is 1. The zero-order chi connectivity index (χ0) is 16.2. The molecule has 1 aliphatic heterocycles. The van der Waals surface area contributed by atoms with Gasteiger partial charge in [0.05, 0.1) is 12.0 Å². The van der Waals surface area contributed by atoms with Crippen molar-refractivity contribution < 1.29 is 14.3 Å². The van der Waals surface area contributed by atoms with Crippen LogP contribution in [0.25, 0.3) is 0 Å². The summed E-state index contributed by atoms with van der Waals surface area (Å²) in [5.41, 5.74) is 0.460. The molecule has 0 aromatic carbocycles. The van der Waals surface area contributed by atoms with E-state index >= 15 is 0 Å². The number of nitrogens with zero attached hydrogens (tertiary/aromatic N) is 2. The van der Waals surface area contributed by atoms with Crippen molar-refractivity contribution in [1.82, 2.24) is 14.9 Å². The number of nitrogens with one attached hydrogen (secondary N) is 1. The summed E-state index contributed by atoms with van der Waals surface area (Å²) in [6.45, 7) is 8.31. The van der Waals surface area contributed by atoms with Gasteiger partial charge in [0.1, 0.15) is 11.8 Å². The lowest BCUT2D eigenvalue weighted by Crippen LogP contribution is -2.38. The third-order valence-electron chi connectivity index (χ3n) is 3.42. The zero-order valence-electron chi connectivity index (χ0n) is 14.0. The molecule has 6 nitrogen and oxygen atoms in total. The van der Waals surface area contributed by atoms with Gasteiger partial charge in [-0.15, -0.1) is 0 Å². The second kappa shape index (κ2) is 7.13. The summed E-state index contributed by atoms with van der Waals surface area (Å²) in [4.78, 5) is 16.1. The number of hydrogen-bond acceptors (Lipinski definition) is 4. The van der Waals surface area contributed by atoms with Gasteiger partial charge in [0.15, 0.2) is 0 Å². The van der Waals surface area contributed by atoms with Crippen LogP contribution in [-0.2, 0) is 15.9 Å². The van der Waals surface area contributed by atoms with Gasteiger partial charge in [-0.2, -0.15) is 0 Å². The minimum absolute atomic E-state index is 0.0366. The van der Waals surface area contributed by atoms with Crippen molar-refractivity contribution in [3.8, 4) is 0 Å². The number of aromatic nitrogens is 2. The lowest BCUT2D eigenvalue weighted by molar-refractivity contribution is -0.0320. The van der Waals surface area contributed by atoms with E-state index in [2.05, 4.69) is 10.3 Å². The fraction of sp³-hybridized carbons (Fsp3) is 0.750. The van der Waals surface area contributed by atoms with E-state index in [0.717, 1.165) is 25.1 Å². The van der Waals surface area contributed by atoms with Crippen molar-refractivity contribution in [3.05, 3.63) is 18.2 Å². The molecular weight excluding hydrogens is 282 g/mol. The van der Waals surface area contributed by atoms with E-state index in [1.165, 1.54) is 6.42 Å². The fourth-order valence-electron chi connectivity index (χ4n) is 2.47. The van der Waals surface area contributed by atoms with E-state index in [1.807, 2.05) is 44.8 Å². The first kappa shape index (κ1) is 16.8. The second-order valence-electron chi connectivity index (χ2n) is 6.88. The highest BCUT2D eigenvalue weighted by atomic mass is 16.6. The smallest absolute Gasteiger partial charge is 0.407 e. The topological polar surface area (TPSA) is 65.4 Å². The number of rotatable bonds is 4. The molecule has 1 aliphatic rings. The van der Waals surface area contributed by atoms with Crippen LogP contribution >= 0.6 is 0 Å². The Morgan fingerprint density at radius 3 is 2.95 bits per heavy atom. The molecule has 0 spiro atoms. The molecule has 1 saturated heterocycles. The summed E-state index contributed by atoms with van der Waals surface area (Å²) in [5.74, 6) is 0. The Balaban J connectivity index is 1.83. The van der Waals surface area contributed by atoms with Gasteiger partial charge < -0.3 is 19.4 Å². The van der Waals surface area contributed by atoms with E-state index < -0.39 is 11.7 Å². The summed E-state index contributed by atoms with van der Waals surface area (Å²) in [6.07, 6.45) is 7.54. The predicted molar refractivity (Wildman–Crippen MR) is 83.6 cm³/mol. The highest BCUT2D eigenvalue weighted by Gasteiger charge is 2.19. The Hall–Kier alpha value is -1.56. The summed E-state index contributed by atoms with van der Waals surface area (Å²) in [5, 5.41) is 2.83. The third kappa shape index (κ3) is 5.33. The van der Waals surface area contributed by atoms with Crippen LogP contribution in [0.1, 0.15) is 58.9 Å². The molecule has 1 aromatic rings. The Bertz CT molecular complexity index is 487. The molecule has 0 radical (unpaired) electrons. The summed E-state index contributed by atoms with van der Waals surface area (Å²) >= 11 is 0. The van der Waals surface area contributed by atoms with Crippen molar-refractivity contribution in [2.45, 2.75) is 71.2 Å². The molecule has 2 rings (SSSR count). The van der Waals surface area contributed by atoms with E-state index in [4.69, 9.17) is 9.47 Å². The predicted octanol–water partition coefficient (Wildman–Crippen LogP) is 3.04. The molecule has 2 atom stereocenters. The van der Waals surface area contributed by atoms with Crippen LogP contribution in [0.2, 0.25) is 0 Å². The van der Waals surface area contributed by atoms with Crippen LogP contribution in [0, 0.1) is 0 Å². The van der Waals surface area contributed by atoms with Gasteiger partial charge in [-0.1, -0.05) is 0 Å². The minimum atomic E-state index is -0.482. The average molecular weight is 309 g/mol. The van der Waals surface area contributed by atoms with Gasteiger partial charge in [-0.05, 0) is 47.0 Å². The average Bonchev–Trinajstić information content (AvgIpc) is 2.85. The van der Waals surface area contributed by atoms with E-state index in [0.29, 0.717) is 6.42 Å². The van der Waals surface area contributed by atoms with Gasteiger partial charge in [-0.25, -0.2) is 9.78 Å². The molecule has 1 fully saturated rings. The normalized spacial score (nSPS) is 20.5. The molecule has 1 aromatic heterocycles. The first-order chi connectivity index (χ1) is 10.3. The molecule has 0 saturated carbocycles. The van der Waals surface area contributed by atoms with Gasteiger partial charge in [-0.3, -0.25) is 0 Å². The maximum atomic E-state index is 11.7. The second-order valence-corrected chi connectivity index (χ2v) is 6.88. The zero-order valence-corrected chi connectivity index (χ0v) is 14.0. The van der Waals surface area contributed by atoms with Crippen LogP contribution in [0.4, 0.5) is 4.79 Å². The molecule has 0 bridgehead atoms. The molecule has 124 valence electrons. The highest BCUT2D eigenvalue weighted by molar-refractivity contribution is 5.68. The molecule has 1 unspecified atom stereocenters. The van der Waals surface area contributed by atoms with Gasteiger partial charge in [0.25, 0.3) is 0 Å². The molecule has 2 heterocycles. The van der Waals surface area contributed by atoms with Crippen LogP contribution in [0.15, 0.2) is 12.5 Å². The van der Waals surface area contributed by atoms with Gasteiger partial charge >= 0.3 is 6.09 Å². The lowest BCUT2D eigenvalue weighted by atomic mass is 10.2. The van der Waals surface area contributed by atoms with Crippen molar-refractivity contribution in [3.63, 3.8) is 0 Å². The van der Waals surface area contributed by atoms with Crippen molar-refractivity contribution in [2.75, 3.05) is 6.61 Å². The van der Waals surface area contributed by atoms with Crippen molar-refractivity contribution in [2.24, 2.45) is 0 Å². The molecular formula is C16H27N3O3. The summed E-state index contributed by atoms with van der Waals surface area (Å²) in [6, 6.07) is -0.0366. The summed E-state index contributed by atoms with van der Waals surface area (Å²) < 4.78 is 13.0. The van der Waals surface area contributed by atoms with Crippen molar-refractivity contribution in [1.29, 1.82) is 0 Å². The van der Waals surface area contributed by atoms with Crippen LogP contribution in [0.3, 0.4) is 0 Å². The molecule has 6 heteroatoms. The molecule has 22 heavy (non-hydrogen) atoms. The van der Waals surface area contributed by atoms with Gasteiger partial charge in [0, 0.05) is 25.3 Å². The largest absolute Gasteiger partial charge is 0.444 e. The Morgan fingerprint density at radius 2 is 2.32 bits per heavy atom. The van der Waals surface area contributed by atoms with Gasteiger partial charge in [0.2, 0.25) is 0 Å². The molecule has 1 N–H and O–H groups in total. The van der Waals surface area contributed by atoms with Crippen LogP contribution in [-0.4, -0.2) is 33.9 Å². The number of hydrogen-bond donors (Lipinski definition) is 1. The number of ether oxygens (including phenoxy) is 2. The first-order valence-electron chi connectivity index (χ1n) is 7.97. The van der Waals surface area contributed by atoms with Crippen LogP contribution < -0.4 is 5.32 Å². The van der Waals surface area contributed by atoms with Crippen LogP contribution in [0.5, 0.6) is 0 Å². The number of carbonyl (C=O) groups excluding carboxylic acids is 1. The third-order valence-corrected chi connectivity index (χ3v) is 3.42. The Kier molecular flexibility index (Phi) is 5.45. The van der Waals surface area contributed by atoms with E-state index in [-0.39, 0.29) is 12.3 Å². The maximum absolute atomic E-state index is 11.7. The maximum Gasteiger partial charge on any atom is 0.407 e. The standard InChI is InChI=1S/C16H27N3O3/c1-12(18-15(20)22-16(2,3)4)9-13-10-19(11-17-13)14-7-5-6-8-21-14/h10-12,14H,5-9H2,1-4H3,(H,18,20)/t12-,14?/m1/s1. The van der Waals surface area contributed by atoms with E-state index in [1.54, 1.807) is 0 Å². The Morgan fingerprint density at radius 1 is 1.55 bits per heavy atom. The highest BCUT2D eigenvalue weighted by Crippen LogP contribution is 2.22. The number of amides is 1. The monoisotopic (exact) mass is 309 g/mol. The minimum Gasteiger partial charge on any atom is -0.444 e. The number of alkyl carbamates (subject to hydrolysis) is 1. The van der Waals surface area contributed by atoms with E-state index in [9.17, 15) is 4.79 Å². The Labute approximate surface area is 132 Å². The lowest BCUT2D eigenvalue weighted by Gasteiger charge is -2.23. The first-order valence-corrected chi connectivity index (χ1v) is 7.97. The van der Waals surface area contributed by atoms with Crippen molar-refractivity contribution >= 4 is 6.09 Å².